The molecule has 1 unspecified atom stereocenters. The minimum Gasteiger partial charge on any atom is -0.367 e. The van der Waals surface area contributed by atoms with Gasteiger partial charge in [0.15, 0.2) is 0 Å². The van der Waals surface area contributed by atoms with E-state index in [9.17, 15) is 0 Å². The second-order valence-electron chi connectivity index (χ2n) is 4.21. The minimum absolute atomic E-state index is 0.649. The highest BCUT2D eigenvalue weighted by atomic mass is 15.2. The van der Waals surface area contributed by atoms with Gasteiger partial charge in [-0.15, -0.1) is 0 Å². The standard InChI is InChI=1S/C12H19N3/c1-10-8-14-6-5-12(10)15-7-3-4-11(15)9-13-2/h5-6,8,11,13H,3-4,7,9H2,1-2H3. The van der Waals surface area contributed by atoms with Crippen LogP contribution in [-0.2, 0) is 0 Å². The van der Waals surface area contributed by atoms with Crippen molar-refractivity contribution in [2.45, 2.75) is 25.8 Å². The Morgan fingerprint density at radius 2 is 2.47 bits per heavy atom. The third kappa shape index (κ3) is 2.12. The van der Waals surface area contributed by atoms with Crippen LogP contribution in [0.4, 0.5) is 5.69 Å². The molecule has 0 amide bonds. The van der Waals surface area contributed by atoms with Gasteiger partial charge < -0.3 is 10.2 Å². The average Bonchev–Trinajstić information content (AvgIpc) is 2.67. The van der Waals surface area contributed by atoms with E-state index in [0.29, 0.717) is 6.04 Å². The Morgan fingerprint density at radius 1 is 1.60 bits per heavy atom. The Morgan fingerprint density at radius 3 is 3.20 bits per heavy atom. The summed E-state index contributed by atoms with van der Waals surface area (Å²) in [6.07, 6.45) is 6.43. The molecule has 1 N–H and O–H groups in total. The third-order valence-electron chi connectivity index (χ3n) is 3.12. The highest BCUT2D eigenvalue weighted by Crippen LogP contribution is 2.27. The second-order valence-corrected chi connectivity index (χ2v) is 4.21. The van der Waals surface area contributed by atoms with E-state index in [4.69, 9.17) is 0 Å². The number of aryl methyl sites for hydroxylation is 1. The maximum Gasteiger partial charge on any atom is 0.0429 e. The monoisotopic (exact) mass is 205 g/mol. The number of rotatable bonds is 3. The van der Waals surface area contributed by atoms with Crippen LogP contribution < -0.4 is 10.2 Å². The zero-order chi connectivity index (χ0) is 10.7. The molecule has 0 spiro atoms. The molecule has 0 aromatic carbocycles. The van der Waals surface area contributed by atoms with Crippen molar-refractivity contribution in [1.82, 2.24) is 10.3 Å². The van der Waals surface area contributed by atoms with Gasteiger partial charge in [0.2, 0.25) is 0 Å². The lowest BCUT2D eigenvalue weighted by atomic mass is 10.2. The zero-order valence-electron chi connectivity index (χ0n) is 9.53. The van der Waals surface area contributed by atoms with Gasteiger partial charge in [-0.1, -0.05) is 0 Å². The van der Waals surface area contributed by atoms with Crippen molar-refractivity contribution in [3.05, 3.63) is 24.0 Å². The van der Waals surface area contributed by atoms with Gasteiger partial charge in [0, 0.05) is 37.2 Å². The molecule has 1 fully saturated rings. The van der Waals surface area contributed by atoms with Crippen molar-refractivity contribution in [3.8, 4) is 0 Å². The van der Waals surface area contributed by atoms with Crippen LogP contribution >= 0.6 is 0 Å². The smallest absolute Gasteiger partial charge is 0.0429 e. The highest BCUT2D eigenvalue weighted by molar-refractivity contribution is 5.53. The van der Waals surface area contributed by atoms with Crippen molar-refractivity contribution < 1.29 is 0 Å². The molecule has 1 atom stereocenters. The summed E-state index contributed by atoms with van der Waals surface area (Å²) in [5, 5.41) is 3.27. The molecule has 1 saturated heterocycles. The fourth-order valence-electron chi connectivity index (χ4n) is 2.39. The first-order valence-electron chi connectivity index (χ1n) is 5.65. The molecule has 3 nitrogen and oxygen atoms in total. The molecule has 1 aromatic rings. The lowest BCUT2D eigenvalue weighted by Crippen LogP contribution is -2.37. The first-order valence-corrected chi connectivity index (χ1v) is 5.65. The molecule has 0 aliphatic carbocycles. The van der Waals surface area contributed by atoms with Crippen LogP contribution in [0.1, 0.15) is 18.4 Å². The van der Waals surface area contributed by atoms with Gasteiger partial charge in [-0.25, -0.2) is 0 Å². The normalized spacial score (nSPS) is 20.9. The van der Waals surface area contributed by atoms with Crippen LogP contribution in [-0.4, -0.2) is 31.2 Å². The summed E-state index contributed by atoms with van der Waals surface area (Å²) in [5.41, 5.74) is 2.63. The van der Waals surface area contributed by atoms with Gasteiger partial charge in [-0.05, 0) is 38.4 Å². The fraction of sp³-hybridized carbons (Fsp3) is 0.583. The lowest BCUT2D eigenvalue weighted by Gasteiger charge is -2.27. The van der Waals surface area contributed by atoms with Gasteiger partial charge >= 0.3 is 0 Å². The summed E-state index contributed by atoms with van der Waals surface area (Å²) in [7, 11) is 2.02. The summed E-state index contributed by atoms with van der Waals surface area (Å²) in [5.74, 6) is 0. The van der Waals surface area contributed by atoms with Crippen LogP contribution in [0, 0.1) is 6.92 Å². The van der Waals surface area contributed by atoms with E-state index in [-0.39, 0.29) is 0 Å². The topological polar surface area (TPSA) is 28.2 Å². The van der Waals surface area contributed by atoms with E-state index in [1.165, 1.54) is 30.6 Å². The van der Waals surface area contributed by atoms with Gasteiger partial charge in [-0.3, -0.25) is 4.98 Å². The van der Waals surface area contributed by atoms with Crippen molar-refractivity contribution in [3.63, 3.8) is 0 Å². The number of hydrogen-bond acceptors (Lipinski definition) is 3. The Bertz CT molecular complexity index is 324. The minimum atomic E-state index is 0.649. The largest absolute Gasteiger partial charge is 0.367 e. The molecule has 3 heteroatoms. The van der Waals surface area contributed by atoms with E-state index in [0.717, 1.165) is 6.54 Å². The summed E-state index contributed by atoms with van der Waals surface area (Å²) in [6.45, 7) is 4.38. The summed E-state index contributed by atoms with van der Waals surface area (Å²) >= 11 is 0. The molecule has 1 aromatic heterocycles. The number of nitrogens with one attached hydrogen (secondary N) is 1. The maximum absolute atomic E-state index is 4.15. The van der Waals surface area contributed by atoms with E-state index in [1.807, 2.05) is 19.4 Å². The Balaban J connectivity index is 2.19. The molecular formula is C12H19N3. The van der Waals surface area contributed by atoms with Crippen LogP contribution in [0.5, 0.6) is 0 Å². The molecule has 0 bridgehead atoms. The quantitative estimate of drug-likeness (QED) is 0.812. The molecule has 82 valence electrons. The average molecular weight is 205 g/mol. The van der Waals surface area contributed by atoms with Gasteiger partial charge in [0.05, 0.1) is 0 Å². The molecule has 2 heterocycles. The van der Waals surface area contributed by atoms with Gasteiger partial charge in [0.25, 0.3) is 0 Å². The molecule has 0 saturated carbocycles. The Labute approximate surface area is 91.5 Å². The lowest BCUT2D eigenvalue weighted by molar-refractivity contribution is 0.614. The van der Waals surface area contributed by atoms with Crippen molar-refractivity contribution in [1.29, 1.82) is 0 Å². The summed E-state index contributed by atoms with van der Waals surface area (Å²) in [6, 6.07) is 2.78. The van der Waals surface area contributed by atoms with E-state index in [1.54, 1.807) is 0 Å². The molecule has 2 rings (SSSR count). The molecule has 1 aliphatic heterocycles. The van der Waals surface area contributed by atoms with Crippen LogP contribution in [0.3, 0.4) is 0 Å². The van der Waals surface area contributed by atoms with Crippen molar-refractivity contribution >= 4 is 5.69 Å². The number of hydrogen-bond donors (Lipinski definition) is 1. The maximum atomic E-state index is 4.15. The SMILES string of the molecule is CNCC1CCCN1c1ccncc1C. The van der Waals surface area contributed by atoms with Crippen molar-refractivity contribution in [2.24, 2.45) is 0 Å². The van der Waals surface area contributed by atoms with E-state index >= 15 is 0 Å². The van der Waals surface area contributed by atoms with Crippen molar-refractivity contribution in [2.75, 3.05) is 25.0 Å². The third-order valence-corrected chi connectivity index (χ3v) is 3.12. The second kappa shape index (κ2) is 4.62. The van der Waals surface area contributed by atoms with Gasteiger partial charge in [0.1, 0.15) is 0 Å². The summed E-state index contributed by atoms with van der Waals surface area (Å²) < 4.78 is 0. The number of pyridine rings is 1. The fourth-order valence-corrected chi connectivity index (χ4v) is 2.39. The van der Waals surface area contributed by atoms with E-state index < -0.39 is 0 Å². The summed E-state index contributed by atoms with van der Waals surface area (Å²) in [4.78, 5) is 6.65. The first kappa shape index (κ1) is 10.4. The predicted octanol–water partition coefficient (Wildman–Crippen LogP) is 1.58. The number of aromatic nitrogens is 1. The predicted molar refractivity (Wildman–Crippen MR) is 63.3 cm³/mol. The van der Waals surface area contributed by atoms with Crippen LogP contribution in [0.2, 0.25) is 0 Å². The zero-order valence-corrected chi connectivity index (χ0v) is 9.53. The molecule has 0 radical (unpaired) electrons. The molecule has 15 heavy (non-hydrogen) atoms. The van der Waals surface area contributed by atoms with Gasteiger partial charge in [-0.2, -0.15) is 0 Å². The number of likely N-dealkylation sites (N-methyl/N-ethyl adjacent to an activating group) is 1. The highest BCUT2D eigenvalue weighted by Gasteiger charge is 2.24. The first-order chi connectivity index (χ1) is 7.33. The molecule has 1 aliphatic rings. The Kier molecular flexibility index (Phi) is 3.21. The van der Waals surface area contributed by atoms with Crippen LogP contribution in [0.25, 0.3) is 0 Å². The number of anilines is 1. The number of nitrogens with zero attached hydrogens (tertiary/aromatic N) is 2. The van der Waals surface area contributed by atoms with E-state index in [2.05, 4.69) is 28.2 Å². The molecular weight excluding hydrogens is 186 g/mol. The van der Waals surface area contributed by atoms with Crippen LogP contribution in [0.15, 0.2) is 18.5 Å². The Hall–Kier alpha value is -1.09.